The van der Waals surface area contributed by atoms with Gasteiger partial charge >= 0.3 is 0 Å². The first-order valence-electron chi connectivity index (χ1n) is 8.55. The Morgan fingerprint density at radius 3 is 2.92 bits per heavy atom. The van der Waals surface area contributed by atoms with Crippen molar-refractivity contribution in [1.82, 2.24) is 15.1 Å². The Hall–Kier alpha value is -2.79. The number of anilines is 1. The summed E-state index contributed by atoms with van der Waals surface area (Å²) in [5, 5.41) is 11.3. The highest BCUT2D eigenvalue weighted by Crippen LogP contribution is 2.28. The zero-order valence-corrected chi connectivity index (χ0v) is 14.9. The van der Waals surface area contributed by atoms with Crippen LogP contribution in [0, 0.1) is 0 Å². The summed E-state index contributed by atoms with van der Waals surface area (Å²) < 4.78 is 1.88. The van der Waals surface area contributed by atoms with Gasteiger partial charge in [-0.05, 0) is 29.3 Å². The Balaban J connectivity index is 1.31. The highest BCUT2D eigenvalue weighted by molar-refractivity contribution is 6.30. The second-order valence-corrected chi connectivity index (χ2v) is 6.89. The van der Waals surface area contributed by atoms with Gasteiger partial charge < -0.3 is 10.6 Å². The van der Waals surface area contributed by atoms with E-state index in [1.165, 1.54) is 5.56 Å². The highest BCUT2D eigenvalue weighted by atomic mass is 35.5. The van der Waals surface area contributed by atoms with Crippen LogP contribution in [-0.2, 0) is 24.3 Å². The molecule has 1 amide bonds. The van der Waals surface area contributed by atoms with E-state index in [4.69, 9.17) is 11.6 Å². The van der Waals surface area contributed by atoms with Gasteiger partial charge in [-0.2, -0.15) is 5.10 Å². The molecular weight excluding hydrogens is 348 g/mol. The number of aromatic nitrogens is 2. The summed E-state index contributed by atoms with van der Waals surface area (Å²) in [7, 11) is 0. The molecule has 3 aromatic rings. The van der Waals surface area contributed by atoms with Crippen molar-refractivity contribution in [3.05, 3.63) is 82.6 Å². The van der Waals surface area contributed by atoms with Gasteiger partial charge in [-0.1, -0.05) is 41.9 Å². The Morgan fingerprint density at radius 1 is 1.23 bits per heavy atom. The van der Waals surface area contributed by atoms with Crippen molar-refractivity contribution in [2.45, 2.75) is 25.6 Å². The molecule has 5 nitrogen and oxygen atoms in total. The van der Waals surface area contributed by atoms with Gasteiger partial charge in [-0.25, -0.2) is 0 Å². The average molecular weight is 367 g/mol. The summed E-state index contributed by atoms with van der Waals surface area (Å²) in [6.45, 7) is 1.18. The SMILES string of the molecule is O=C(NCc1cnn(Cc2ccccc2)c1)[C@@H]1Cc2cc(Cl)ccc2N1. The van der Waals surface area contributed by atoms with Gasteiger partial charge in [0.2, 0.25) is 5.91 Å². The van der Waals surface area contributed by atoms with E-state index >= 15 is 0 Å². The maximum atomic E-state index is 12.4. The fraction of sp³-hybridized carbons (Fsp3) is 0.200. The van der Waals surface area contributed by atoms with Gasteiger partial charge in [0.1, 0.15) is 6.04 Å². The summed E-state index contributed by atoms with van der Waals surface area (Å²) >= 11 is 6.01. The molecule has 1 aliphatic rings. The third kappa shape index (κ3) is 3.73. The Morgan fingerprint density at radius 2 is 2.08 bits per heavy atom. The lowest BCUT2D eigenvalue weighted by Crippen LogP contribution is -2.37. The van der Waals surface area contributed by atoms with Gasteiger partial charge in [-0.3, -0.25) is 9.48 Å². The molecule has 0 saturated carbocycles. The molecule has 132 valence electrons. The zero-order valence-electron chi connectivity index (χ0n) is 14.2. The minimum Gasteiger partial charge on any atom is -0.373 e. The molecular formula is C20H19ClN4O. The number of halogens is 1. The minimum absolute atomic E-state index is 0.0202. The molecule has 0 bridgehead atoms. The molecule has 26 heavy (non-hydrogen) atoms. The van der Waals surface area contributed by atoms with Crippen LogP contribution in [0.5, 0.6) is 0 Å². The molecule has 0 unspecified atom stereocenters. The summed E-state index contributed by atoms with van der Waals surface area (Å²) in [6.07, 6.45) is 4.40. The first kappa shape index (κ1) is 16.7. The fourth-order valence-electron chi connectivity index (χ4n) is 3.16. The van der Waals surface area contributed by atoms with E-state index in [1.807, 2.05) is 47.3 Å². The smallest absolute Gasteiger partial charge is 0.243 e. The van der Waals surface area contributed by atoms with Crippen LogP contribution >= 0.6 is 11.6 Å². The Bertz CT molecular complexity index is 923. The summed E-state index contributed by atoms with van der Waals surface area (Å²) in [6, 6.07) is 15.6. The predicted molar refractivity (Wildman–Crippen MR) is 102 cm³/mol. The van der Waals surface area contributed by atoms with E-state index in [0.717, 1.165) is 23.4 Å². The van der Waals surface area contributed by atoms with Crippen LogP contribution in [0.4, 0.5) is 5.69 Å². The van der Waals surface area contributed by atoms with E-state index < -0.39 is 0 Å². The van der Waals surface area contributed by atoms with Crippen LogP contribution in [0.3, 0.4) is 0 Å². The van der Waals surface area contributed by atoms with Crippen molar-refractivity contribution in [1.29, 1.82) is 0 Å². The fourth-order valence-corrected chi connectivity index (χ4v) is 3.35. The van der Waals surface area contributed by atoms with Crippen molar-refractivity contribution in [3.8, 4) is 0 Å². The van der Waals surface area contributed by atoms with Gasteiger partial charge in [0, 0.05) is 35.4 Å². The van der Waals surface area contributed by atoms with E-state index in [2.05, 4.69) is 27.9 Å². The maximum Gasteiger partial charge on any atom is 0.243 e. The van der Waals surface area contributed by atoms with Crippen LogP contribution in [0.15, 0.2) is 60.9 Å². The second kappa shape index (κ2) is 7.22. The number of hydrogen-bond acceptors (Lipinski definition) is 3. The predicted octanol–water partition coefficient (Wildman–Crippen LogP) is 3.24. The molecule has 0 radical (unpaired) electrons. The molecule has 1 aromatic heterocycles. The molecule has 0 aliphatic carbocycles. The standard InChI is InChI=1S/C20H19ClN4O/c21-17-6-7-18-16(8-17)9-19(24-18)20(26)22-10-15-11-23-25(13-15)12-14-4-2-1-3-5-14/h1-8,11,13,19,24H,9-10,12H2,(H,22,26)/t19-/m0/s1. The number of hydrogen-bond donors (Lipinski definition) is 2. The third-order valence-electron chi connectivity index (χ3n) is 4.48. The average Bonchev–Trinajstić information content (AvgIpc) is 3.27. The molecule has 1 aliphatic heterocycles. The van der Waals surface area contributed by atoms with E-state index in [-0.39, 0.29) is 11.9 Å². The van der Waals surface area contributed by atoms with E-state index in [9.17, 15) is 4.79 Å². The van der Waals surface area contributed by atoms with Gasteiger partial charge in [-0.15, -0.1) is 0 Å². The topological polar surface area (TPSA) is 59.0 Å². The second-order valence-electron chi connectivity index (χ2n) is 6.45. The zero-order chi connectivity index (χ0) is 17.9. The Labute approximate surface area is 157 Å². The van der Waals surface area contributed by atoms with Crippen molar-refractivity contribution in [2.75, 3.05) is 5.32 Å². The van der Waals surface area contributed by atoms with Crippen LogP contribution in [0.25, 0.3) is 0 Å². The number of nitrogens with zero attached hydrogens (tertiary/aromatic N) is 2. The number of carbonyl (C=O) groups excluding carboxylic acids is 1. The number of rotatable bonds is 5. The number of nitrogens with one attached hydrogen (secondary N) is 2. The van der Waals surface area contributed by atoms with Crippen LogP contribution < -0.4 is 10.6 Å². The minimum atomic E-state index is -0.261. The van der Waals surface area contributed by atoms with Crippen LogP contribution in [-0.4, -0.2) is 21.7 Å². The Kier molecular flexibility index (Phi) is 4.63. The molecule has 0 saturated heterocycles. The summed E-state index contributed by atoms with van der Waals surface area (Å²) in [5.74, 6) is -0.0202. The number of benzene rings is 2. The van der Waals surface area contributed by atoms with Crippen molar-refractivity contribution < 1.29 is 4.79 Å². The third-order valence-corrected chi connectivity index (χ3v) is 4.71. The number of fused-ring (bicyclic) bond motifs is 1. The molecule has 4 rings (SSSR count). The number of amides is 1. The van der Waals surface area contributed by atoms with Gasteiger partial charge in [0.15, 0.2) is 0 Å². The highest BCUT2D eigenvalue weighted by Gasteiger charge is 2.26. The van der Waals surface area contributed by atoms with E-state index in [1.54, 1.807) is 6.20 Å². The molecule has 0 fully saturated rings. The quantitative estimate of drug-likeness (QED) is 0.728. The lowest BCUT2D eigenvalue weighted by atomic mass is 10.1. The maximum absolute atomic E-state index is 12.4. The van der Waals surface area contributed by atoms with Crippen molar-refractivity contribution in [3.63, 3.8) is 0 Å². The molecule has 0 spiro atoms. The number of carbonyl (C=O) groups is 1. The first-order valence-corrected chi connectivity index (χ1v) is 8.93. The van der Waals surface area contributed by atoms with E-state index in [0.29, 0.717) is 18.0 Å². The molecule has 1 atom stereocenters. The van der Waals surface area contributed by atoms with Crippen LogP contribution in [0.1, 0.15) is 16.7 Å². The van der Waals surface area contributed by atoms with Crippen LogP contribution in [0.2, 0.25) is 5.02 Å². The van der Waals surface area contributed by atoms with Gasteiger partial charge in [0.05, 0.1) is 12.7 Å². The first-order chi connectivity index (χ1) is 12.7. The summed E-state index contributed by atoms with van der Waals surface area (Å²) in [4.78, 5) is 12.4. The monoisotopic (exact) mass is 366 g/mol. The molecule has 2 N–H and O–H groups in total. The molecule has 6 heteroatoms. The van der Waals surface area contributed by atoms with Crippen molar-refractivity contribution in [2.24, 2.45) is 0 Å². The lowest BCUT2D eigenvalue weighted by Gasteiger charge is -2.11. The van der Waals surface area contributed by atoms with Gasteiger partial charge in [0.25, 0.3) is 0 Å². The van der Waals surface area contributed by atoms with Crippen molar-refractivity contribution >= 4 is 23.2 Å². The molecule has 2 heterocycles. The largest absolute Gasteiger partial charge is 0.373 e. The summed E-state index contributed by atoms with van der Waals surface area (Å²) in [5.41, 5.74) is 4.23. The lowest BCUT2D eigenvalue weighted by molar-refractivity contribution is -0.121. The molecule has 2 aromatic carbocycles. The normalized spacial score (nSPS) is 15.3.